The Morgan fingerprint density at radius 1 is 1.35 bits per heavy atom. The van der Waals surface area contributed by atoms with Gasteiger partial charge in [0.2, 0.25) is 6.43 Å². The lowest BCUT2D eigenvalue weighted by Crippen LogP contribution is -2.14. The monoisotopic (exact) mass is 239 g/mol. The Labute approximate surface area is 96.1 Å². The molecule has 0 aliphatic carbocycles. The molecular weight excluding hydrogens is 228 g/mol. The fourth-order valence-electron chi connectivity index (χ4n) is 1.84. The van der Waals surface area contributed by atoms with E-state index in [1.807, 2.05) is 6.07 Å². The lowest BCUT2D eigenvalue weighted by Gasteiger charge is -2.14. The number of aromatic amines is 1. The highest BCUT2D eigenvalue weighted by Gasteiger charge is 2.25. The topological polar surface area (TPSA) is 53.1 Å². The van der Waals surface area contributed by atoms with E-state index in [0.717, 1.165) is 10.9 Å². The molecule has 90 valence electrons. The molecule has 0 spiro atoms. The number of halogens is 2. The number of carboxylic acids is 1. The highest BCUT2D eigenvalue weighted by molar-refractivity contribution is 5.80. The van der Waals surface area contributed by atoms with Crippen molar-refractivity contribution >= 4 is 16.9 Å². The Hall–Kier alpha value is -1.91. The molecule has 1 atom stereocenters. The number of carbonyl (C=O) groups is 1. The highest BCUT2D eigenvalue weighted by atomic mass is 19.3. The number of nitrogens with one attached hydrogen (secondary N) is 1. The normalized spacial score (nSPS) is 13.1. The quantitative estimate of drug-likeness (QED) is 0.861. The maximum absolute atomic E-state index is 12.8. The summed E-state index contributed by atoms with van der Waals surface area (Å²) < 4.78 is 25.6. The summed E-state index contributed by atoms with van der Waals surface area (Å²) >= 11 is 0. The molecule has 1 heterocycles. The molecule has 0 amide bonds. The Bertz CT molecular complexity index is 536. The summed E-state index contributed by atoms with van der Waals surface area (Å²) in [4.78, 5) is 13.5. The number of aliphatic carboxylic acids is 1. The molecule has 0 saturated heterocycles. The van der Waals surface area contributed by atoms with Crippen molar-refractivity contribution in [3.05, 3.63) is 36.0 Å². The predicted octanol–water partition coefficient (Wildman–Crippen LogP) is 2.99. The van der Waals surface area contributed by atoms with E-state index in [4.69, 9.17) is 5.11 Å². The molecule has 1 aromatic carbocycles. The van der Waals surface area contributed by atoms with E-state index in [1.54, 1.807) is 24.4 Å². The van der Waals surface area contributed by atoms with Gasteiger partial charge >= 0.3 is 5.97 Å². The average Bonchev–Trinajstić information content (AvgIpc) is 2.72. The lowest BCUT2D eigenvalue weighted by atomic mass is 9.95. The average molecular weight is 239 g/mol. The van der Waals surface area contributed by atoms with E-state index in [0.29, 0.717) is 5.56 Å². The van der Waals surface area contributed by atoms with Crippen LogP contribution < -0.4 is 0 Å². The molecule has 17 heavy (non-hydrogen) atoms. The SMILES string of the molecule is O=C(O)CC(c1ccc2cc[nH]c2c1)C(F)F. The molecule has 0 radical (unpaired) electrons. The van der Waals surface area contributed by atoms with Gasteiger partial charge in [-0.1, -0.05) is 12.1 Å². The van der Waals surface area contributed by atoms with Gasteiger partial charge in [-0.3, -0.25) is 4.79 Å². The maximum Gasteiger partial charge on any atom is 0.304 e. The van der Waals surface area contributed by atoms with Gasteiger partial charge in [0.25, 0.3) is 0 Å². The van der Waals surface area contributed by atoms with Crippen molar-refractivity contribution in [2.45, 2.75) is 18.8 Å². The van der Waals surface area contributed by atoms with Gasteiger partial charge in [0.05, 0.1) is 12.3 Å². The van der Waals surface area contributed by atoms with Gasteiger partial charge in [0, 0.05) is 11.7 Å². The van der Waals surface area contributed by atoms with Crippen LogP contribution in [0.1, 0.15) is 17.9 Å². The first-order valence-electron chi connectivity index (χ1n) is 5.15. The molecule has 3 nitrogen and oxygen atoms in total. The van der Waals surface area contributed by atoms with Crippen LogP contribution in [0.25, 0.3) is 10.9 Å². The van der Waals surface area contributed by atoms with Gasteiger partial charge in [-0.05, 0) is 23.1 Å². The summed E-state index contributed by atoms with van der Waals surface area (Å²) in [6.45, 7) is 0. The van der Waals surface area contributed by atoms with Gasteiger partial charge in [0.15, 0.2) is 0 Å². The van der Waals surface area contributed by atoms with Crippen molar-refractivity contribution < 1.29 is 18.7 Å². The van der Waals surface area contributed by atoms with Crippen LogP contribution in [-0.4, -0.2) is 22.5 Å². The van der Waals surface area contributed by atoms with Gasteiger partial charge < -0.3 is 10.1 Å². The number of benzene rings is 1. The number of carboxylic acid groups (broad SMARTS) is 1. The second kappa shape index (κ2) is 4.53. The van der Waals surface area contributed by atoms with Crippen LogP contribution in [0.4, 0.5) is 8.78 Å². The van der Waals surface area contributed by atoms with Gasteiger partial charge in [0.1, 0.15) is 0 Å². The number of alkyl halides is 2. The largest absolute Gasteiger partial charge is 0.481 e. The van der Waals surface area contributed by atoms with Crippen LogP contribution in [0.2, 0.25) is 0 Å². The van der Waals surface area contributed by atoms with Crippen LogP contribution in [-0.2, 0) is 4.79 Å². The van der Waals surface area contributed by atoms with Crippen molar-refractivity contribution in [1.82, 2.24) is 4.98 Å². The maximum atomic E-state index is 12.8. The summed E-state index contributed by atoms with van der Waals surface area (Å²) in [6, 6.07) is 6.66. The Kier molecular flexibility index (Phi) is 3.08. The second-order valence-corrected chi connectivity index (χ2v) is 3.86. The molecule has 2 aromatic rings. The van der Waals surface area contributed by atoms with Crippen LogP contribution in [0.3, 0.4) is 0 Å². The van der Waals surface area contributed by atoms with Crippen LogP contribution >= 0.6 is 0 Å². The molecule has 2 rings (SSSR count). The minimum Gasteiger partial charge on any atom is -0.481 e. The fourth-order valence-corrected chi connectivity index (χ4v) is 1.84. The molecule has 0 saturated carbocycles. The third-order valence-corrected chi connectivity index (χ3v) is 2.71. The van der Waals surface area contributed by atoms with E-state index >= 15 is 0 Å². The zero-order valence-corrected chi connectivity index (χ0v) is 8.86. The van der Waals surface area contributed by atoms with E-state index < -0.39 is 24.7 Å². The van der Waals surface area contributed by atoms with Crippen LogP contribution in [0.5, 0.6) is 0 Å². The molecule has 0 fully saturated rings. The van der Waals surface area contributed by atoms with Crippen molar-refractivity contribution in [1.29, 1.82) is 0 Å². The van der Waals surface area contributed by atoms with E-state index in [-0.39, 0.29) is 0 Å². The molecule has 1 aromatic heterocycles. The standard InChI is InChI=1S/C12H11F2NO2/c13-12(14)9(6-11(16)17)8-2-1-7-3-4-15-10(7)5-8/h1-5,9,12,15H,6H2,(H,16,17). The third-order valence-electron chi connectivity index (χ3n) is 2.71. The summed E-state index contributed by atoms with van der Waals surface area (Å²) in [7, 11) is 0. The van der Waals surface area contributed by atoms with Crippen LogP contribution in [0, 0.1) is 0 Å². The first kappa shape index (κ1) is 11.6. The minimum absolute atomic E-state index is 0.345. The van der Waals surface area contributed by atoms with E-state index in [9.17, 15) is 13.6 Å². The first-order valence-corrected chi connectivity index (χ1v) is 5.15. The Balaban J connectivity index is 2.37. The minimum atomic E-state index is -2.68. The number of rotatable bonds is 4. The third kappa shape index (κ3) is 2.43. The van der Waals surface area contributed by atoms with E-state index in [2.05, 4.69) is 4.98 Å². The molecule has 0 aliphatic heterocycles. The summed E-state index contributed by atoms with van der Waals surface area (Å²) in [5.41, 5.74) is 1.08. The molecule has 1 unspecified atom stereocenters. The zero-order chi connectivity index (χ0) is 12.4. The summed E-state index contributed by atoms with van der Waals surface area (Å²) in [5.74, 6) is -2.48. The predicted molar refractivity (Wildman–Crippen MR) is 59.3 cm³/mol. The molecular formula is C12H11F2NO2. The molecule has 0 aliphatic rings. The number of fused-ring (bicyclic) bond motifs is 1. The lowest BCUT2D eigenvalue weighted by molar-refractivity contribution is -0.138. The molecule has 0 bridgehead atoms. The Morgan fingerprint density at radius 2 is 2.12 bits per heavy atom. The van der Waals surface area contributed by atoms with E-state index in [1.165, 1.54) is 0 Å². The number of hydrogen-bond acceptors (Lipinski definition) is 1. The zero-order valence-electron chi connectivity index (χ0n) is 8.86. The van der Waals surface area contributed by atoms with Crippen molar-refractivity contribution in [3.8, 4) is 0 Å². The van der Waals surface area contributed by atoms with Gasteiger partial charge in [-0.15, -0.1) is 0 Å². The fraction of sp³-hybridized carbons (Fsp3) is 0.250. The smallest absolute Gasteiger partial charge is 0.304 e. The number of aromatic nitrogens is 1. The Morgan fingerprint density at radius 3 is 2.76 bits per heavy atom. The number of H-pyrrole nitrogens is 1. The van der Waals surface area contributed by atoms with Gasteiger partial charge in [-0.25, -0.2) is 8.78 Å². The van der Waals surface area contributed by atoms with Crippen molar-refractivity contribution in [2.75, 3.05) is 0 Å². The molecule has 2 N–H and O–H groups in total. The first-order chi connectivity index (χ1) is 8.08. The second-order valence-electron chi connectivity index (χ2n) is 3.86. The summed E-state index contributed by atoms with van der Waals surface area (Å²) in [5, 5.41) is 9.54. The molecule has 5 heteroatoms. The van der Waals surface area contributed by atoms with Crippen molar-refractivity contribution in [2.24, 2.45) is 0 Å². The number of hydrogen-bond donors (Lipinski definition) is 2. The van der Waals surface area contributed by atoms with Crippen LogP contribution in [0.15, 0.2) is 30.5 Å². The summed E-state index contributed by atoms with van der Waals surface area (Å²) in [6.07, 6.45) is -1.54. The van der Waals surface area contributed by atoms with Crippen molar-refractivity contribution in [3.63, 3.8) is 0 Å². The highest BCUT2D eigenvalue weighted by Crippen LogP contribution is 2.29. The van der Waals surface area contributed by atoms with Gasteiger partial charge in [-0.2, -0.15) is 0 Å².